The van der Waals surface area contributed by atoms with Crippen LogP contribution in [0.3, 0.4) is 0 Å². The van der Waals surface area contributed by atoms with Gasteiger partial charge in [0.25, 0.3) is 0 Å². The quantitative estimate of drug-likeness (QED) is 0.705. The van der Waals surface area contributed by atoms with E-state index in [1.165, 1.54) is 6.33 Å². The second-order valence-corrected chi connectivity index (χ2v) is 3.88. The van der Waals surface area contributed by atoms with Crippen molar-refractivity contribution in [2.24, 2.45) is 0 Å². The SMILES string of the molecule is OC(CCl)CNc1ccccc1-c1ncn[nH]1. The van der Waals surface area contributed by atoms with Gasteiger partial charge in [0, 0.05) is 17.8 Å². The van der Waals surface area contributed by atoms with Crippen LogP contribution in [0, 0.1) is 0 Å². The molecular weight excluding hydrogens is 240 g/mol. The molecular formula is C11H13ClN4O. The minimum atomic E-state index is -0.570. The van der Waals surface area contributed by atoms with Crippen LogP contribution >= 0.6 is 11.6 Å². The van der Waals surface area contributed by atoms with Gasteiger partial charge in [-0.3, -0.25) is 5.10 Å². The number of aromatic amines is 1. The highest BCUT2D eigenvalue weighted by Crippen LogP contribution is 2.23. The highest BCUT2D eigenvalue weighted by molar-refractivity contribution is 6.18. The molecule has 2 rings (SSSR count). The van der Waals surface area contributed by atoms with Crippen molar-refractivity contribution < 1.29 is 5.11 Å². The Bertz CT molecular complexity index is 460. The van der Waals surface area contributed by atoms with Crippen molar-refractivity contribution in [2.45, 2.75) is 6.10 Å². The molecule has 0 radical (unpaired) electrons. The van der Waals surface area contributed by atoms with Crippen molar-refractivity contribution >= 4 is 17.3 Å². The monoisotopic (exact) mass is 252 g/mol. The minimum Gasteiger partial charge on any atom is -0.390 e. The zero-order chi connectivity index (χ0) is 12.1. The van der Waals surface area contributed by atoms with E-state index in [1.54, 1.807) is 0 Å². The Labute approximate surface area is 104 Å². The van der Waals surface area contributed by atoms with Crippen molar-refractivity contribution in [3.05, 3.63) is 30.6 Å². The van der Waals surface area contributed by atoms with E-state index in [0.717, 1.165) is 11.3 Å². The molecule has 5 nitrogen and oxygen atoms in total. The zero-order valence-corrected chi connectivity index (χ0v) is 9.85. The van der Waals surface area contributed by atoms with Gasteiger partial charge in [0.05, 0.1) is 12.0 Å². The Balaban J connectivity index is 2.17. The van der Waals surface area contributed by atoms with Gasteiger partial charge in [0.1, 0.15) is 6.33 Å². The minimum absolute atomic E-state index is 0.206. The molecule has 0 spiro atoms. The first-order valence-corrected chi connectivity index (χ1v) is 5.77. The number of para-hydroxylation sites is 1. The number of alkyl halides is 1. The Morgan fingerprint density at radius 2 is 2.24 bits per heavy atom. The lowest BCUT2D eigenvalue weighted by Gasteiger charge is -2.12. The molecule has 6 heteroatoms. The predicted molar refractivity (Wildman–Crippen MR) is 67.0 cm³/mol. The number of rotatable bonds is 5. The van der Waals surface area contributed by atoms with Gasteiger partial charge in [-0.1, -0.05) is 12.1 Å². The molecule has 1 aromatic carbocycles. The highest BCUT2D eigenvalue weighted by Gasteiger charge is 2.08. The van der Waals surface area contributed by atoms with E-state index in [2.05, 4.69) is 20.5 Å². The zero-order valence-electron chi connectivity index (χ0n) is 9.10. The van der Waals surface area contributed by atoms with Crippen LogP contribution in [0.5, 0.6) is 0 Å². The van der Waals surface area contributed by atoms with Crippen molar-refractivity contribution in [1.29, 1.82) is 0 Å². The molecule has 17 heavy (non-hydrogen) atoms. The fourth-order valence-electron chi connectivity index (χ4n) is 1.46. The summed E-state index contributed by atoms with van der Waals surface area (Å²) in [5.41, 5.74) is 1.79. The predicted octanol–water partition coefficient (Wildman–Crippen LogP) is 1.48. The van der Waals surface area contributed by atoms with Gasteiger partial charge in [-0.05, 0) is 12.1 Å². The van der Waals surface area contributed by atoms with Crippen molar-refractivity contribution in [2.75, 3.05) is 17.7 Å². The molecule has 3 N–H and O–H groups in total. The maximum atomic E-state index is 9.41. The summed E-state index contributed by atoms with van der Waals surface area (Å²) in [4.78, 5) is 4.10. The maximum absolute atomic E-state index is 9.41. The van der Waals surface area contributed by atoms with Crippen LogP contribution in [0.15, 0.2) is 30.6 Å². The van der Waals surface area contributed by atoms with Crippen molar-refractivity contribution in [1.82, 2.24) is 15.2 Å². The first-order chi connectivity index (χ1) is 8.31. The van der Waals surface area contributed by atoms with Crippen LogP contribution in [0.2, 0.25) is 0 Å². The van der Waals surface area contributed by atoms with Gasteiger partial charge in [-0.15, -0.1) is 11.6 Å². The van der Waals surface area contributed by atoms with Crippen LogP contribution in [0.25, 0.3) is 11.4 Å². The lowest BCUT2D eigenvalue weighted by Crippen LogP contribution is -2.21. The van der Waals surface area contributed by atoms with E-state index in [0.29, 0.717) is 12.4 Å². The summed E-state index contributed by atoms with van der Waals surface area (Å²) in [6.07, 6.45) is 0.888. The number of H-pyrrole nitrogens is 1. The molecule has 0 aliphatic rings. The highest BCUT2D eigenvalue weighted by atomic mass is 35.5. The second-order valence-electron chi connectivity index (χ2n) is 3.57. The standard InChI is InChI=1S/C11H13ClN4O/c12-5-8(17)6-13-10-4-2-1-3-9(10)11-14-7-15-16-11/h1-4,7-8,13,17H,5-6H2,(H,14,15,16). The lowest BCUT2D eigenvalue weighted by atomic mass is 10.1. The average molecular weight is 253 g/mol. The van der Waals surface area contributed by atoms with E-state index in [1.807, 2.05) is 24.3 Å². The summed E-state index contributed by atoms with van der Waals surface area (Å²) in [7, 11) is 0. The number of nitrogens with zero attached hydrogens (tertiary/aromatic N) is 2. The summed E-state index contributed by atoms with van der Waals surface area (Å²) in [5, 5.41) is 19.2. The fourth-order valence-corrected chi connectivity index (χ4v) is 1.57. The third kappa shape index (κ3) is 2.95. The number of hydrogen-bond donors (Lipinski definition) is 3. The molecule has 0 aliphatic carbocycles. The summed E-state index contributed by atoms with van der Waals surface area (Å²) in [6, 6.07) is 7.67. The second kappa shape index (κ2) is 5.65. The molecule has 2 aromatic rings. The molecule has 1 atom stereocenters. The average Bonchev–Trinajstić information content (AvgIpc) is 2.90. The van der Waals surface area contributed by atoms with Gasteiger partial charge >= 0.3 is 0 Å². The fraction of sp³-hybridized carbons (Fsp3) is 0.273. The molecule has 0 amide bonds. The van der Waals surface area contributed by atoms with Gasteiger partial charge in [-0.25, -0.2) is 4.98 Å². The molecule has 0 bridgehead atoms. The first kappa shape index (κ1) is 11.9. The van der Waals surface area contributed by atoms with Gasteiger partial charge < -0.3 is 10.4 Å². The van der Waals surface area contributed by atoms with Crippen molar-refractivity contribution in [3.63, 3.8) is 0 Å². The van der Waals surface area contributed by atoms with Gasteiger partial charge in [0.2, 0.25) is 0 Å². The number of aromatic nitrogens is 3. The van der Waals surface area contributed by atoms with E-state index in [9.17, 15) is 5.11 Å². The van der Waals surface area contributed by atoms with Crippen LogP contribution in [-0.2, 0) is 0 Å². The number of nitrogens with one attached hydrogen (secondary N) is 2. The molecule has 0 saturated heterocycles. The van der Waals surface area contributed by atoms with E-state index in [4.69, 9.17) is 11.6 Å². The van der Waals surface area contributed by atoms with Crippen LogP contribution < -0.4 is 5.32 Å². The summed E-state index contributed by atoms with van der Waals surface area (Å²) in [5.74, 6) is 0.894. The number of aliphatic hydroxyl groups is 1. The largest absolute Gasteiger partial charge is 0.390 e. The van der Waals surface area contributed by atoms with E-state index in [-0.39, 0.29) is 5.88 Å². The molecule has 1 heterocycles. The smallest absolute Gasteiger partial charge is 0.157 e. The Morgan fingerprint density at radius 1 is 1.41 bits per heavy atom. The first-order valence-electron chi connectivity index (χ1n) is 5.24. The normalized spacial score (nSPS) is 12.4. The summed E-state index contributed by atoms with van der Waals surface area (Å²) >= 11 is 5.54. The topological polar surface area (TPSA) is 73.8 Å². The molecule has 0 saturated carbocycles. The Morgan fingerprint density at radius 3 is 2.94 bits per heavy atom. The maximum Gasteiger partial charge on any atom is 0.157 e. The molecule has 90 valence electrons. The Hall–Kier alpha value is -1.59. The number of benzene rings is 1. The van der Waals surface area contributed by atoms with E-state index >= 15 is 0 Å². The molecule has 0 fully saturated rings. The van der Waals surface area contributed by atoms with Crippen LogP contribution in [-0.4, -0.2) is 38.8 Å². The molecule has 0 aliphatic heterocycles. The molecule has 1 aromatic heterocycles. The molecule has 1 unspecified atom stereocenters. The number of halogens is 1. The van der Waals surface area contributed by atoms with Crippen molar-refractivity contribution in [3.8, 4) is 11.4 Å². The summed E-state index contributed by atoms with van der Waals surface area (Å²) in [6.45, 7) is 0.397. The number of aliphatic hydroxyl groups excluding tert-OH is 1. The van der Waals surface area contributed by atoms with Gasteiger partial charge in [-0.2, -0.15) is 5.10 Å². The Kier molecular flexibility index (Phi) is 3.95. The summed E-state index contributed by atoms with van der Waals surface area (Å²) < 4.78 is 0. The van der Waals surface area contributed by atoms with Crippen LogP contribution in [0.1, 0.15) is 0 Å². The van der Waals surface area contributed by atoms with Crippen LogP contribution in [0.4, 0.5) is 5.69 Å². The third-order valence-corrected chi connectivity index (χ3v) is 2.66. The number of anilines is 1. The van der Waals surface area contributed by atoms with E-state index < -0.39 is 6.10 Å². The van der Waals surface area contributed by atoms with Gasteiger partial charge in [0.15, 0.2) is 5.82 Å². The lowest BCUT2D eigenvalue weighted by molar-refractivity contribution is 0.211. The number of hydrogen-bond acceptors (Lipinski definition) is 4. The third-order valence-electron chi connectivity index (χ3n) is 2.30.